The SMILES string of the molecule is CNC(=O)CN1CCCC(C(=O)O)C1. The molecule has 1 unspecified atom stereocenters. The summed E-state index contributed by atoms with van der Waals surface area (Å²) in [6.07, 6.45) is 1.58. The molecule has 5 nitrogen and oxygen atoms in total. The number of carboxylic acid groups (broad SMARTS) is 1. The molecule has 0 aliphatic carbocycles. The van der Waals surface area contributed by atoms with Crippen LogP contribution in [0.25, 0.3) is 0 Å². The van der Waals surface area contributed by atoms with Gasteiger partial charge in [-0.25, -0.2) is 0 Å². The van der Waals surface area contributed by atoms with Crippen molar-refractivity contribution in [2.45, 2.75) is 12.8 Å². The van der Waals surface area contributed by atoms with Gasteiger partial charge in [0, 0.05) is 13.6 Å². The zero-order valence-electron chi connectivity index (χ0n) is 8.32. The molecule has 0 aromatic heterocycles. The van der Waals surface area contributed by atoms with Gasteiger partial charge in [0.25, 0.3) is 0 Å². The lowest BCUT2D eigenvalue weighted by Crippen LogP contribution is -2.43. The quantitative estimate of drug-likeness (QED) is 0.646. The first-order valence-electron chi connectivity index (χ1n) is 4.79. The molecule has 1 rings (SSSR count). The average molecular weight is 200 g/mol. The minimum absolute atomic E-state index is 0.0592. The standard InChI is InChI=1S/C9H16N2O3/c1-10-8(12)6-11-4-2-3-7(5-11)9(13)14/h7H,2-6H2,1H3,(H,10,12)(H,13,14). The molecule has 14 heavy (non-hydrogen) atoms. The summed E-state index contributed by atoms with van der Waals surface area (Å²) < 4.78 is 0. The van der Waals surface area contributed by atoms with Crippen LogP contribution in [0.1, 0.15) is 12.8 Å². The number of hydrogen-bond acceptors (Lipinski definition) is 3. The molecule has 1 aliphatic rings. The van der Waals surface area contributed by atoms with Gasteiger partial charge < -0.3 is 10.4 Å². The lowest BCUT2D eigenvalue weighted by molar-refractivity contribution is -0.144. The number of aliphatic carboxylic acids is 1. The number of piperidine rings is 1. The second-order valence-corrected chi connectivity index (χ2v) is 3.59. The van der Waals surface area contributed by atoms with Gasteiger partial charge >= 0.3 is 5.97 Å². The Labute approximate surface area is 83.1 Å². The summed E-state index contributed by atoms with van der Waals surface area (Å²) in [7, 11) is 1.58. The van der Waals surface area contributed by atoms with E-state index in [-0.39, 0.29) is 11.8 Å². The molecule has 0 bridgehead atoms. The molecular formula is C9H16N2O3. The highest BCUT2D eigenvalue weighted by Gasteiger charge is 2.25. The lowest BCUT2D eigenvalue weighted by atomic mass is 9.98. The maximum absolute atomic E-state index is 11.1. The smallest absolute Gasteiger partial charge is 0.307 e. The first kappa shape index (κ1) is 11.0. The van der Waals surface area contributed by atoms with E-state index in [1.807, 2.05) is 4.90 Å². The number of amides is 1. The maximum atomic E-state index is 11.1. The minimum Gasteiger partial charge on any atom is -0.481 e. The molecule has 1 amide bonds. The van der Waals surface area contributed by atoms with Crippen molar-refractivity contribution >= 4 is 11.9 Å². The molecule has 0 aromatic rings. The zero-order valence-corrected chi connectivity index (χ0v) is 8.32. The van der Waals surface area contributed by atoms with Crippen LogP contribution in [0, 0.1) is 5.92 Å². The van der Waals surface area contributed by atoms with Crippen LogP contribution in [-0.2, 0) is 9.59 Å². The number of rotatable bonds is 3. The third kappa shape index (κ3) is 2.99. The zero-order chi connectivity index (χ0) is 10.6. The van der Waals surface area contributed by atoms with E-state index in [0.717, 1.165) is 19.4 Å². The van der Waals surface area contributed by atoms with Crippen LogP contribution in [0.5, 0.6) is 0 Å². The molecule has 1 heterocycles. The number of carbonyl (C=O) groups is 2. The van der Waals surface area contributed by atoms with E-state index < -0.39 is 5.97 Å². The highest BCUT2D eigenvalue weighted by molar-refractivity contribution is 5.77. The Morgan fingerprint density at radius 3 is 2.86 bits per heavy atom. The van der Waals surface area contributed by atoms with Gasteiger partial charge in [0.05, 0.1) is 12.5 Å². The third-order valence-corrected chi connectivity index (χ3v) is 2.50. The molecule has 0 aromatic carbocycles. The van der Waals surface area contributed by atoms with E-state index in [9.17, 15) is 9.59 Å². The van der Waals surface area contributed by atoms with E-state index in [0.29, 0.717) is 13.1 Å². The Bertz CT molecular complexity index is 230. The van der Waals surface area contributed by atoms with Crippen molar-refractivity contribution in [1.82, 2.24) is 10.2 Å². The topological polar surface area (TPSA) is 69.6 Å². The van der Waals surface area contributed by atoms with Gasteiger partial charge in [-0.2, -0.15) is 0 Å². The van der Waals surface area contributed by atoms with E-state index >= 15 is 0 Å². The van der Waals surface area contributed by atoms with E-state index in [4.69, 9.17) is 5.11 Å². The molecular weight excluding hydrogens is 184 g/mol. The summed E-state index contributed by atoms with van der Waals surface area (Å²) in [5.41, 5.74) is 0. The minimum atomic E-state index is -0.758. The van der Waals surface area contributed by atoms with Gasteiger partial charge in [-0.1, -0.05) is 0 Å². The van der Waals surface area contributed by atoms with Gasteiger partial charge in [0.15, 0.2) is 0 Å². The van der Waals surface area contributed by atoms with Gasteiger partial charge in [-0.3, -0.25) is 14.5 Å². The highest BCUT2D eigenvalue weighted by atomic mass is 16.4. The molecule has 5 heteroatoms. The van der Waals surface area contributed by atoms with Crippen LogP contribution in [0.15, 0.2) is 0 Å². The van der Waals surface area contributed by atoms with Gasteiger partial charge in [-0.05, 0) is 19.4 Å². The number of nitrogens with zero attached hydrogens (tertiary/aromatic N) is 1. The van der Waals surface area contributed by atoms with E-state index in [1.54, 1.807) is 7.05 Å². The first-order chi connectivity index (χ1) is 6.63. The Hall–Kier alpha value is -1.10. The third-order valence-electron chi connectivity index (χ3n) is 2.50. The molecule has 1 fully saturated rings. The summed E-state index contributed by atoms with van der Waals surface area (Å²) in [6, 6.07) is 0. The normalized spacial score (nSPS) is 23.1. The fourth-order valence-corrected chi connectivity index (χ4v) is 1.68. The maximum Gasteiger partial charge on any atom is 0.307 e. The number of carbonyl (C=O) groups excluding carboxylic acids is 1. The second-order valence-electron chi connectivity index (χ2n) is 3.59. The van der Waals surface area contributed by atoms with Crippen molar-refractivity contribution in [2.24, 2.45) is 5.92 Å². The van der Waals surface area contributed by atoms with E-state index in [2.05, 4.69) is 5.32 Å². The summed E-state index contributed by atoms with van der Waals surface area (Å²) in [5.74, 6) is -1.13. The molecule has 1 saturated heterocycles. The molecule has 80 valence electrons. The molecule has 2 N–H and O–H groups in total. The van der Waals surface area contributed by atoms with Crippen LogP contribution in [0.2, 0.25) is 0 Å². The number of likely N-dealkylation sites (N-methyl/N-ethyl adjacent to an activating group) is 1. The fraction of sp³-hybridized carbons (Fsp3) is 0.778. The Morgan fingerprint density at radius 1 is 1.57 bits per heavy atom. The van der Waals surface area contributed by atoms with Crippen LogP contribution in [0.4, 0.5) is 0 Å². The van der Waals surface area contributed by atoms with Crippen molar-refractivity contribution in [1.29, 1.82) is 0 Å². The van der Waals surface area contributed by atoms with E-state index in [1.165, 1.54) is 0 Å². The number of nitrogens with one attached hydrogen (secondary N) is 1. The summed E-state index contributed by atoms with van der Waals surface area (Å²) >= 11 is 0. The summed E-state index contributed by atoms with van der Waals surface area (Å²) in [6.45, 7) is 1.61. The average Bonchev–Trinajstić information content (AvgIpc) is 2.18. The van der Waals surface area contributed by atoms with Crippen molar-refractivity contribution in [3.05, 3.63) is 0 Å². The van der Waals surface area contributed by atoms with Gasteiger partial charge in [-0.15, -0.1) is 0 Å². The van der Waals surface area contributed by atoms with Crippen LogP contribution in [-0.4, -0.2) is 48.6 Å². The van der Waals surface area contributed by atoms with Crippen molar-refractivity contribution in [3.63, 3.8) is 0 Å². The Kier molecular flexibility index (Phi) is 3.88. The van der Waals surface area contributed by atoms with Crippen LogP contribution >= 0.6 is 0 Å². The lowest BCUT2D eigenvalue weighted by Gasteiger charge is -2.29. The first-order valence-corrected chi connectivity index (χ1v) is 4.79. The van der Waals surface area contributed by atoms with Crippen molar-refractivity contribution < 1.29 is 14.7 Å². The summed E-state index contributed by atoms with van der Waals surface area (Å²) in [5, 5.41) is 11.3. The molecule has 1 aliphatic heterocycles. The molecule has 1 atom stereocenters. The van der Waals surface area contributed by atoms with Crippen molar-refractivity contribution in [3.8, 4) is 0 Å². The Morgan fingerprint density at radius 2 is 2.29 bits per heavy atom. The summed E-state index contributed by atoms with van der Waals surface area (Å²) in [4.78, 5) is 23.7. The van der Waals surface area contributed by atoms with Gasteiger partial charge in [0.2, 0.25) is 5.91 Å². The predicted octanol–water partition coefficient (Wildman–Crippen LogP) is -0.471. The highest BCUT2D eigenvalue weighted by Crippen LogP contribution is 2.15. The predicted molar refractivity (Wildman–Crippen MR) is 50.9 cm³/mol. The Balaban J connectivity index is 2.40. The fourth-order valence-electron chi connectivity index (χ4n) is 1.68. The number of likely N-dealkylation sites (tertiary alicyclic amines) is 1. The molecule has 0 radical (unpaired) electrons. The number of hydrogen-bond donors (Lipinski definition) is 2. The van der Waals surface area contributed by atoms with Crippen LogP contribution < -0.4 is 5.32 Å². The van der Waals surface area contributed by atoms with Crippen LogP contribution in [0.3, 0.4) is 0 Å². The second kappa shape index (κ2) is 4.95. The molecule has 0 saturated carbocycles. The van der Waals surface area contributed by atoms with Gasteiger partial charge in [0.1, 0.15) is 0 Å². The molecule has 0 spiro atoms. The largest absolute Gasteiger partial charge is 0.481 e. The number of carboxylic acids is 1. The monoisotopic (exact) mass is 200 g/mol. The van der Waals surface area contributed by atoms with Crippen molar-refractivity contribution in [2.75, 3.05) is 26.7 Å².